The SMILES string of the molecule is CC(C(=O)O[C@H]1C[N+]2(CC(=O)Nc3cnccn3)CCC1CC2)(c1ccccc1)N1CCCCC1. The van der Waals surface area contributed by atoms with Gasteiger partial charge in [0.05, 0.1) is 19.3 Å². The lowest BCUT2D eigenvalue weighted by atomic mass is 9.82. The van der Waals surface area contributed by atoms with Gasteiger partial charge in [-0.3, -0.25) is 14.7 Å². The van der Waals surface area contributed by atoms with Crippen LogP contribution in [0, 0.1) is 5.92 Å². The molecule has 1 aromatic heterocycles. The van der Waals surface area contributed by atoms with Crippen molar-refractivity contribution in [2.24, 2.45) is 5.92 Å². The Morgan fingerprint density at radius 3 is 2.54 bits per heavy atom. The van der Waals surface area contributed by atoms with Gasteiger partial charge in [-0.15, -0.1) is 0 Å². The zero-order chi connectivity index (χ0) is 24.3. The summed E-state index contributed by atoms with van der Waals surface area (Å²) in [6.07, 6.45) is 9.89. The number of hydrogen-bond acceptors (Lipinski definition) is 6. The highest BCUT2D eigenvalue weighted by molar-refractivity contribution is 5.90. The molecular weight excluding hydrogens is 442 g/mol. The van der Waals surface area contributed by atoms with E-state index in [1.165, 1.54) is 6.42 Å². The predicted molar refractivity (Wildman–Crippen MR) is 132 cm³/mol. The van der Waals surface area contributed by atoms with E-state index in [2.05, 4.69) is 20.2 Å². The van der Waals surface area contributed by atoms with Crippen molar-refractivity contribution in [3.8, 4) is 0 Å². The highest BCUT2D eigenvalue weighted by atomic mass is 16.5. The van der Waals surface area contributed by atoms with Gasteiger partial charge in [-0.25, -0.2) is 9.78 Å². The zero-order valence-corrected chi connectivity index (χ0v) is 20.6. The van der Waals surface area contributed by atoms with E-state index in [4.69, 9.17) is 4.74 Å². The number of ether oxygens (including phenoxy) is 1. The van der Waals surface area contributed by atoms with Gasteiger partial charge >= 0.3 is 5.97 Å². The maximum atomic E-state index is 13.9. The standard InChI is InChI=1S/C27H35N5O3/c1-27(22-8-4-2-5-9-22,31-14-6-3-7-15-31)26(34)35-23-19-32(16-10-21(23)11-17-32)20-25(33)30-24-18-28-12-13-29-24/h2,4-5,8-9,12-13,18,21,23H,3,6-7,10-11,14-17,19-20H2,1H3/p+1/t21?,23-,27?,32?/m0/s1. The van der Waals surface area contributed by atoms with E-state index in [1.54, 1.807) is 18.6 Å². The molecule has 8 nitrogen and oxygen atoms in total. The maximum absolute atomic E-state index is 13.9. The largest absolute Gasteiger partial charge is 0.454 e. The summed E-state index contributed by atoms with van der Waals surface area (Å²) in [6, 6.07) is 10.1. The molecule has 4 aliphatic heterocycles. The van der Waals surface area contributed by atoms with E-state index in [1.807, 2.05) is 37.3 Å². The number of amides is 1. The van der Waals surface area contributed by atoms with Crippen molar-refractivity contribution in [2.75, 3.05) is 44.6 Å². The number of nitrogens with zero attached hydrogens (tertiary/aromatic N) is 4. The number of rotatable bonds is 7. The molecule has 0 saturated carbocycles. The average Bonchev–Trinajstić information content (AvgIpc) is 2.90. The number of anilines is 1. The second kappa shape index (κ2) is 10.0. The summed E-state index contributed by atoms with van der Waals surface area (Å²) in [4.78, 5) is 37.2. The van der Waals surface area contributed by atoms with Crippen LogP contribution in [0.1, 0.15) is 44.6 Å². The number of benzene rings is 1. The van der Waals surface area contributed by atoms with Crippen molar-refractivity contribution in [1.29, 1.82) is 0 Å². The van der Waals surface area contributed by atoms with Crippen molar-refractivity contribution >= 4 is 17.7 Å². The Morgan fingerprint density at radius 1 is 1.11 bits per heavy atom. The van der Waals surface area contributed by atoms with Gasteiger partial charge in [0.15, 0.2) is 18.5 Å². The number of aromatic nitrogens is 2. The summed E-state index contributed by atoms with van der Waals surface area (Å²) in [5.74, 6) is 0.596. The lowest BCUT2D eigenvalue weighted by Crippen LogP contribution is -2.66. The Hall–Kier alpha value is -2.84. The molecule has 0 spiro atoms. The van der Waals surface area contributed by atoms with Crippen molar-refractivity contribution in [3.05, 3.63) is 54.5 Å². The lowest BCUT2D eigenvalue weighted by Gasteiger charge is -2.52. The highest BCUT2D eigenvalue weighted by Crippen LogP contribution is 2.38. The number of hydrogen-bond donors (Lipinski definition) is 1. The summed E-state index contributed by atoms with van der Waals surface area (Å²) < 4.78 is 7.03. The number of carbonyl (C=O) groups is 2. The molecule has 2 aromatic rings. The minimum atomic E-state index is -0.804. The minimum absolute atomic E-state index is 0.0710. The van der Waals surface area contributed by atoms with Crippen molar-refractivity contribution in [1.82, 2.24) is 14.9 Å². The van der Waals surface area contributed by atoms with Gasteiger partial charge in [-0.1, -0.05) is 36.8 Å². The van der Waals surface area contributed by atoms with Crippen LogP contribution in [-0.4, -0.2) is 76.6 Å². The van der Waals surface area contributed by atoms with Crippen LogP contribution < -0.4 is 5.32 Å². The number of esters is 1. The summed E-state index contributed by atoms with van der Waals surface area (Å²) in [5.41, 5.74) is 0.183. The van der Waals surface area contributed by atoms with Gasteiger partial charge in [0.2, 0.25) is 0 Å². The van der Waals surface area contributed by atoms with E-state index in [0.29, 0.717) is 29.3 Å². The van der Waals surface area contributed by atoms with E-state index >= 15 is 0 Å². The first kappa shape index (κ1) is 23.9. The molecule has 4 aliphatic rings. The number of piperidine rings is 4. The third-order valence-electron chi connectivity index (χ3n) is 8.33. The molecule has 8 heteroatoms. The molecule has 2 bridgehead atoms. The summed E-state index contributed by atoms with van der Waals surface area (Å²) in [6.45, 7) is 6.75. The molecule has 1 unspecified atom stereocenters. The fraction of sp³-hybridized carbons (Fsp3) is 0.556. The Morgan fingerprint density at radius 2 is 1.86 bits per heavy atom. The number of carbonyl (C=O) groups excluding carboxylic acids is 2. The monoisotopic (exact) mass is 478 g/mol. The van der Waals surface area contributed by atoms with Crippen LogP contribution >= 0.6 is 0 Å². The molecule has 186 valence electrons. The van der Waals surface area contributed by atoms with Crippen LogP contribution in [0.25, 0.3) is 0 Å². The first-order chi connectivity index (χ1) is 17.0. The second-order valence-corrected chi connectivity index (χ2v) is 10.5. The zero-order valence-electron chi connectivity index (χ0n) is 20.6. The Kier molecular flexibility index (Phi) is 6.84. The summed E-state index contributed by atoms with van der Waals surface area (Å²) in [5, 5.41) is 2.87. The predicted octanol–water partition coefficient (Wildman–Crippen LogP) is 2.97. The normalized spacial score (nSPS) is 28.1. The highest BCUT2D eigenvalue weighted by Gasteiger charge is 2.51. The molecule has 6 rings (SSSR count). The summed E-state index contributed by atoms with van der Waals surface area (Å²) in [7, 11) is 0. The van der Waals surface area contributed by atoms with E-state index in [9.17, 15) is 9.59 Å². The summed E-state index contributed by atoms with van der Waals surface area (Å²) >= 11 is 0. The van der Waals surface area contributed by atoms with Crippen molar-refractivity contribution in [3.63, 3.8) is 0 Å². The molecule has 1 amide bonds. The number of likely N-dealkylation sites (tertiary alicyclic amines) is 1. The molecule has 0 radical (unpaired) electrons. The van der Waals surface area contributed by atoms with Crippen molar-refractivity contribution < 1.29 is 18.8 Å². The van der Waals surface area contributed by atoms with Gasteiger partial charge in [0.1, 0.15) is 12.1 Å². The van der Waals surface area contributed by atoms with Gasteiger partial charge in [0.25, 0.3) is 5.91 Å². The van der Waals surface area contributed by atoms with Crippen LogP contribution in [-0.2, 0) is 19.9 Å². The molecule has 0 aliphatic carbocycles. The van der Waals surface area contributed by atoms with E-state index < -0.39 is 5.54 Å². The first-order valence-electron chi connectivity index (χ1n) is 12.9. The number of quaternary nitrogens is 1. The van der Waals surface area contributed by atoms with Crippen LogP contribution in [0.5, 0.6) is 0 Å². The quantitative estimate of drug-likeness (QED) is 0.487. The molecule has 35 heavy (non-hydrogen) atoms. The van der Waals surface area contributed by atoms with Crippen LogP contribution in [0.4, 0.5) is 5.82 Å². The Bertz CT molecular complexity index is 1020. The molecule has 1 N–H and O–H groups in total. The Labute approximate surface area is 207 Å². The third-order valence-corrected chi connectivity index (χ3v) is 8.33. The first-order valence-corrected chi connectivity index (χ1v) is 12.9. The molecule has 5 heterocycles. The lowest BCUT2D eigenvalue weighted by molar-refractivity contribution is -0.939. The Balaban J connectivity index is 1.30. The molecule has 1 aromatic carbocycles. The second-order valence-electron chi connectivity index (χ2n) is 10.5. The minimum Gasteiger partial charge on any atom is -0.454 e. The average molecular weight is 479 g/mol. The number of fused-ring (bicyclic) bond motifs is 3. The van der Waals surface area contributed by atoms with Gasteiger partial charge in [-0.05, 0) is 38.4 Å². The third kappa shape index (κ3) is 4.95. The van der Waals surface area contributed by atoms with Crippen LogP contribution in [0.15, 0.2) is 48.9 Å². The molecule has 4 fully saturated rings. The van der Waals surface area contributed by atoms with E-state index in [0.717, 1.165) is 57.4 Å². The van der Waals surface area contributed by atoms with Gasteiger partial charge in [-0.2, -0.15) is 0 Å². The molecular formula is C27H36N5O3+. The number of nitrogens with one attached hydrogen (secondary N) is 1. The fourth-order valence-corrected chi connectivity index (χ4v) is 6.21. The van der Waals surface area contributed by atoms with Gasteiger partial charge in [0, 0.05) is 31.2 Å². The maximum Gasteiger partial charge on any atom is 0.331 e. The molecule has 2 atom stereocenters. The van der Waals surface area contributed by atoms with Crippen molar-refractivity contribution in [2.45, 2.75) is 50.7 Å². The van der Waals surface area contributed by atoms with Gasteiger partial charge < -0.3 is 14.5 Å². The topological polar surface area (TPSA) is 84.4 Å². The fourth-order valence-electron chi connectivity index (χ4n) is 6.21. The van der Waals surface area contributed by atoms with E-state index in [-0.39, 0.29) is 18.0 Å². The molecule has 4 saturated heterocycles. The smallest absolute Gasteiger partial charge is 0.331 e. The van der Waals surface area contributed by atoms with Crippen LogP contribution in [0.2, 0.25) is 0 Å². The van der Waals surface area contributed by atoms with Crippen LogP contribution in [0.3, 0.4) is 0 Å².